The molecule has 31 heavy (non-hydrogen) atoms. The van der Waals surface area contributed by atoms with E-state index in [-0.39, 0.29) is 11.8 Å². The third kappa shape index (κ3) is 4.39. The van der Waals surface area contributed by atoms with Crippen molar-refractivity contribution in [2.24, 2.45) is 5.92 Å². The number of aromatic nitrogens is 4. The number of piperidine rings is 1. The van der Waals surface area contributed by atoms with E-state index in [2.05, 4.69) is 44.4 Å². The maximum absolute atomic E-state index is 12.5. The van der Waals surface area contributed by atoms with Crippen LogP contribution in [-0.4, -0.2) is 71.1 Å². The number of carbonyl (C=O) groups excluding carboxylic acids is 1. The van der Waals surface area contributed by atoms with Crippen molar-refractivity contribution in [2.45, 2.75) is 26.7 Å². The van der Waals surface area contributed by atoms with E-state index in [1.165, 1.54) is 0 Å². The number of hydrogen-bond donors (Lipinski definition) is 1. The number of nitrogens with one attached hydrogen (secondary N) is 1. The summed E-state index contributed by atoms with van der Waals surface area (Å²) in [6.45, 7) is 7.14. The number of fused-ring (bicyclic) bond motifs is 1. The van der Waals surface area contributed by atoms with Gasteiger partial charge in [-0.1, -0.05) is 18.2 Å². The highest BCUT2D eigenvalue weighted by Gasteiger charge is 2.28. The van der Waals surface area contributed by atoms with Gasteiger partial charge in [-0.3, -0.25) is 4.79 Å². The van der Waals surface area contributed by atoms with Crippen LogP contribution in [0.5, 0.6) is 0 Å². The smallest absolute Gasteiger partial charge is 0.223 e. The number of aryl methyl sites for hydroxylation is 2. The van der Waals surface area contributed by atoms with Gasteiger partial charge in [-0.25, -0.2) is 4.68 Å². The van der Waals surface area contributed by atoms with E-state index in [1.807, 2.05) is 43.9 Å². The van der Waals surface area contributed by atoms with Crippen LogP contribution in [0.2, 0.25) is 0 Å². The molecule has 0 atom stereocenters. The summed E-state index contributed by atoms with van der Waals surface area (Å²) < 4.78 is 1.97. The number of likely N-dealkylation sites (N-methyl/N-ethyl adjacent to an activating group) is 1. The first-order valence-corrected chi connectivity index (χ1v) is 10.9. The fourth-order valence-electron chi connectivity index (χ4n) is 4.25. The van der Waals surface area contributed by atoms with E-state index in [1.54, 1.807) is 0 Å². The highest BCUT2D eigenvalue weighted by atomic mass is 16.1. The number of nitrogens with zero attached hydrogens (tertiary/aromatic N) is 6. The molecule has 1 aliphatic rings. The fraction of sp³-hybridized carbons (Fsp3) is 0.478. The molecule has 1 saturated heterocycles. The zero-order valence-electron chi connectivity index (χ0n) is 18.8. The standard InChI is InChI=1S/C23H31N7O/c1-16-20-17(2)30(19-8-6-5-7-9-19)27-21(20)22(26-25-16)29-13-10-18(11-14-29)23(31)24-12-15-28(3)4/h5-9,18H,10-15H2,1-4H3,(H,24,31). The number of rotatable bonds is 6. The predicted molar refractivity (Wildman–Crippen MR) is 123 cm³/mol. The van der Waals surface area contributed by atoms with Crippen LogP contribution >= 0.6 is 0 Å². The summed E-state index contributed by atoms with van der Waals surface area (Å²) in [6, 6.07) is 10.1. The summed E-state index contributed by atoms with van der Waals surface area (Å²) in [6.07, 6.45) is 1.62. The van der Waals surface area contributed by atoms with Crippen LogP contribution in [0.15, 0.2) is 30.3 Å². The van der Waals surface area contributed by atoms with Gasteiger partial charge in [-0.15, -0.1) is 5.10 Å². The summed E-state index contributed by atoms with van der Waals surface area (Å²) in [4.78, 5) is 16.8. The maximum atomic E-state index is 12.5. The Morgan fingerprint density at radius 3 is 2.52 bits per heavy atom. The fourth-order valence-corrected chi connectivity index (χ4v) is 4.25. The van der Waals surface area contributed by atoms with Crippen molar-refractivity contribution >= 4 is 22.6 Å². The molecule has 0 unspecified atom stereocenters. The number of carbonyl (C=O) groups is 1. The summed E-state index contributed by atoms with van der Waals surface area (Å²) in [5, 5.41) is 18.0. The van der Waals surface area contributed by atoms with Crippen LogP contribution in [0.3, 0.4) is 0 Å². The van der Waals surface area contributed by atoms with Crippen LogP contribution in [0.4, 0.5) is 5.82 Å². The van der Waals surface area contributed by atoms with E-state index >= 15 is 0 Å². The lowest BCUT2D eigenvalue weighted by molar-refractivity contribution is -0.125. The van der Waals surface area contributed by atoms with Crippen molar-refractivity contribution in [1.82, 2.24) is 30.2 Å². The number of hydrogen-bond acceptors (Lipinski definition) is 6. The average Bonchev–Trinajstić information content (AvgIpc) is 3.12. The third-order valence-electron chi connectivity index (χ3n) is 6.01. The first-order valence-electron chi connectivity index (χ1n) is 10.9. The molecule has 1 amide bonds. The largest absolute Gasteiger partial charge is 0.355 e. The summed E-state index contributed by atoms with van der Waals surface area (Å²) >= 11 is 0. The van der Waals surface area contributed by atoms with Crippen LogP contribution in [0.25, 0.3) is 16.6 Å². The van der Waals surface area contributed by atoms with Crippen molar-refractivity contribution in [3.8, 4) is 5.69 Å². The number of benzene rings is 1. The zero-order valence-corrected chi connectivity index (χ0v) is 18.8. The molecule has 1 N–H and O–H groups in total. The Kier molecular flexibility index (Phi) is 6.18. The van der Waals surface area contributed by atoms with E-state index in [9.17, 15) is 4.79 Å². The Bertz CT molecular complexity index is 1050. The normalized spacial score (nSPS) is 15.1. The van der Waals surface area contributed by atoms with Gasteiger partial charge in [-0.2, -0.15) is 10.2 Å². The first kappa shape index (κ1) is 21.2. The van der Waals surface area contributed by atoms with Gasteiger partial charge in [0.1, 0.15) is 5.52 Å². The monoisotopic (exact) mass is 421 g/mol. The molecule has 3 aromatic rings. The predicted octanol–water partition coefficient (Wildman–Crippen LogP) is 2.33. The molecule has 1 aliphatic heterocycles. The zero-order chi connectivity index (χ0) is 22.0. The molecule has 1 aromatic carbocycles. The lowest BCUT2D eigenvalue weighted by Crippen LogP contribution is -2.42. The minimum Gasteiger partial charge on any atom is -0.355 e. The van der Waals surface area contributed by atoms with Gasteiger partial charge in [-0.05, 0) is 52.9 Å². The molecule has 4 rings (SSSR count). The second-order valence-electron chi connectivity index (χ2n) is 8.52. The van der Waals surface area contributed by atoms with E-state index in [0.29, 0.717) is 6.54 Å². The van der Waals surface area contributed by atoms with E-state index in [4.69, 9.17) is 5.10 Å². The van der Waals surface area contributed by atoms with Gasteiger partial charge in [0.15, 0.2) is 5.82 Å². The molecule has 0 saturated carbocycles. The lowest BCUT2D eigenvalue weighted by Gasteiger charge is -2.32. The second kappa shape index (κ2) is 9.01. The molecule has 0 bridgehead atoms. The van der Waals surface area contributed by atoms with Crippen LogP contribution in [0, 0.1) is 19.8 Å². The summed E-state index contributed by atoms with van der Waals surface area (Å²) in [7, 11) is 4.02. The molecule has 2 aromatic heterocycles. The lowest BCUT2D eigenvalue weighted by atomic mass is 9.96. The Morgan fingerprint density at radius 2 is 1.84 bits per heavy atom. The molecule has 0 aliphatic carbocycles. The average molecular weight is 422 g/mol. The maximum Gasteiger partial charge on any atom is 0.223 e. The number of anilines is 1. The molecule has 8 heteroatoms. The van der Waals surface area contributed by atoms with Gasteiger partial charge in [0, 0.05) is 32.1 Å². The highest BCUT2D eigenvalue weighted by molar-refractivity contribution is 5.92. The molecule has 0 spiro atoms. The van der Waals surface area contributed by atoms with Crippen molar-refractivity contribution in [3.63, 3.8) is 0 Å². The summed E-state index contributed by atoms with van der Waals surface area (Å²) in [5.41, 5.74) is 3.84. The summed E-state index contributed by atoms with van der Waals surface area (Å²) in [5.74, 6) is 1.02. The number of amides is 1. The first-order chi connectivity index (χ1) is 15.0. The van der Waals surface area contributed by atoms with Gasteiger partial charge >= 0.3 is 0 Å². The Labute approximate surface area is 183 Å². The minimum atomic E-state index is 0.0518. The van der Waals surface area contributed by atoms with Crippen molar-refractivity contribution in [1.29, 1.82) is 0 Å². The van der Waals surface area contributed by atoms with Crippen molar-refractivity contribution in [3.05, 3.63) is 41.7 Å². The Morgan fingerprint density at radius 1 is 1.13 bits per heavy atom. The van der Waals surface area contributed by atoms with Crippen molar-refractivity contribution < 1.29 is 4.79 Å². The molecule has 3 heterocycles. The highest BCUT2D eigenvalue weighted by Crippen LogP contribution is 2.31. The third-order valence-corrected chi connectivity index (χ3v) is 6.01. The van der Waals surface area contributed by atoms with E-state index in [0.717, 1.165) is 66.3 Å². The quantitative estimate of drug-likeness (QED) is 0.658. The minimum absolute atomic E-state index is 0.0518. The van der Waals surface area contributed by atoms with Gasteiger partial charge < -0.3 is 15.1 Å². The van der Waals surface area contributed by atoms with Gasteiger partial charge in [0.2, 0.25) is 5.91 Å². The van der Waals surface area contributed by atoms with Crippen LogP contribution in [0.1, 0.15) is 24.2 Å². The topological polar surface area (TPSA) is 79.2 Å². The number of para-hydroxylation sites is 1. The molecule has 8 nitrogen and oxygen atoms in total. The molecular weight excluding hydrogens is 390 g/mol. The molecule has 0 radical (unpaired) electrons. The van der Waals surface area contributed by atoms with Crippen LogP contribution in [-0.2, 0) is 4.79 Å². The Balaban J connectivity index is 1.53. The van der Waals surface area contributed by atoms with Crippen molar-refractivity contribution in [2.75, 3.05) is 45.2 Å². The molecule has 164 valence electrons. The molecule has 1 fully saturated rings. The Hall–Kier alpha value is -3.00. The van der Waals surface area contributed by atoms with Gasteiger partial charge in [0.05, 0.1) is 22.5 Å². The second-order valence-corrected chi connectivity index (χ2v) is 8.52. The van der Waals surface area contributed by atoms with Gasteiger partial charge in [0.25, 0.3) is 0 Å². The molecular formula is C23H31N7O. The van der Waals surface area contributed by atoms with E-state index < -0.39 is 0 Å². The van der Waals surface area contributed by atoms with Crippen LogP contribution < -0.4 is 10.2 Å². The SMILES string of the molecule is Cc1nnc(N2CCC(C(=O)NCCN(C)C)CC2)c2nn(-c3ccccc3)c(C)c12.